The molecule has 1 aliphatic rings. The molecule has 0 bridgehead atoms. The summed E-state index contributed by atoms with van der Waals surface area (Å²) in [5.74, 6) is 0.183. The molecule has 1 aliphatic heterocycles. The summed E-state index contributed by atoms with van der Waals surface area (Å²) in [5.41, 5.74) is 0. The van der Waals surface area contributed by atoms with E-state index >= 15 is 0 Å². The predicted octanol–water partition coefficient (Wildman–Crippen LogP) is 2.72. The summed E-state index contributed by atoms with van der Waals surface area (Å²) in [6, 6.07) is -2.61. The maximum absolute atomic E-state index is 13.2. The molecule has 0 aromatic carbocycles. The van der Waals surface area contributed by atoms with Crippen LogP contribution in [0.3, 0.4) is 0 Å². The van der Waals surface area contributed by atoms with Gasteiger partial charge in [0.05, 0.1) is 0 Å². The molecule has 0 aromatic heterocycles. The maximum atomic E-state index is 13.2. The first-order chi connectivity index (χ1) is 5.47. The van der Waals surface area contributed by atoms with E-state index in [0.29, 0.717) is 6.54 Å². The molecule has 0 amide bonds. The third-order valence-electron chi connectivity index (χ3n) is 2.61. The van der Waals surface area contributed by atoms with Crippen LogP contribution in [-0.4, -0.2) is 23.5 Å². The van der Waals surface area contributed by atoms with Gasteiger partial charge in [-0.1, -0.05) is 13.3 Å². The number of likely N-dealkylation sites (tertiary alicyclic amines) is 1. The van der Waals surface area contributed by atoms with Gasteiger partial charge in [-0.2, -0.15) is 8.78 Å². The molecule has 1 fully saturated rings. The maximum Gasteiger partial charge on any atom is 0.305 e. The van der Waals surface area contributed by atoms with Crippen LogP contribution in [0.1, 0.15) is 33.6 Å². The second-order valence-electron chi connectivity index (χ2n) is 3.89. The van der Waals surface area contributed by atoms with E-state index in [9.17, 15) is 8.78 Å². The number of hydrogen-bond acceptors (Lipinski definition) is 1. The van der Waals surface area contributed by atoms with Gasteiger partial charge in [0.1, 0.15) is 0 Å². The Bertz CT molecular complexity index is 157. The fraction of sp³-hybridized carbons (Fsp3) is 1.00. The first-order valence-corrected chi connectivity index (χ1v) is 4.62. The molecule has 1 nitrogen and oxygen atoms in total. The van der Waals surface area contributed by atoms with Crippen LogP contribution < -0.4 is 0 Å². The van der Waals surface area contributed by atoms with Crippen molar-refractivity contribution in [2.24, 2.45) is 5.92 Å². The van der Waals surface area contributed by atoms with E-state index in [0.717, 1.165) is 6.42 Å². The van der Waals surface area contributed by atoms with E-state index in [1.54, 1.807) is 0 Å². The molecule has 3 heteroatoms. The minimum Gasteiger partial charge on any atom is -0.242 e. The first kappa shape index (κ1) is 9.90. The van der Waals surface area contributed by atoms with Gasteiger partial charge >= 0.3 is 6.05 Å². The number of halogens is 2. The van der Waals surface area contributed by atoms with Crippen molar-refractivity contribution in [2.75, 3.05) is 6.54 Å². The monoisotopic (exact) mass is 177 g/mol. The van der Waals surface area contributed by atoms with E-state index in [-0.39, 0.29) is 18.4 Å². The summed E-state index contributed by atoms with van der Waals surface area (Å²) in [6.07, 6.45) is 0.903. The van der Waals surface area contributed by atoms with Crippen molar-refractivity contribution >= 4 is 0 Å². The van der Waals surface area contributed by atoms with Gasteiger partial charge in [-0.05, 0) is 19.8 Å². The zero-order valence-electron chi connectivity index (χ0n) is 7.98. The number of hydrogen-bond donors (Lipinski definition) is 0. The van der Waals surface area contributed by atoms with Crippen molar-refractivity contribution in [1.82, 2.24) is 4.90 Å². The fourth-order valence-corrected chi connectivity index (χ4v) is 1.80. The molecule has 1 atom stereocenters. The molecule has 1 saturated heterocycles. The minimum absolute atomic E-state index is 0.0433. The Morgan fingerprint density at radius 1 is 1.50 bits per heavy atom. The third-order valence-corrected chi connectivity index (χ3v) is 2.61. The summed E-state index contributed by atoms with van der Waals surface area (Å²) in [6.45, 7) is 6.18. The van der Waals surface area contributed by atoms with Gasteiger partial charge in [0.15, 0.2) is 0 Å². The van der Waals surface area contributed by atoms with Gasteiger partial charge in [-0.25, -0.2) is 4.90 Å². The van der Waals surface area contributed by atoms with Crippen molar-refractivity contribution in [3.8, 4) is 0 Å². The highest BCUT2D eigenvalue weighted by atomic mass is 19.3. The molecular weight excluding hydrogens is 160 g/mol. The summed E-state index contributed by atoms with van der Waals surface area (Å²) >= 11 is 0. The topological polar surface area (TPSA) is 3.24 Å². The zero-order valence-corrected chi connectivity index (χ0v) is 7.98. The van der Waals surface area contributed by atoms with E-state index in [1.807, 2.05) is 20.8 Å². The predicted molar refractivity (Wildman–Crippen MR) is 45.2 cm³/mol. The Morgan fingerprint density at radius 2 is 2.08 bits per heavy atom. The molecule has 0 radical (unpaired) electrons. The molecule has 0 N–H and O–H groups in total. The van der Waals surface area contributed by atoms with Crippen LogP contribution in [0.2, 0.25) is 0 Å². The smallest absolute Gasteiger partial charge is 0.242 e. The highest BCUT2D eigenvalue weighted by Crippen LogP contribution is 2.38. The SMILES string of the molecule is CCC1CN(C(C)C)C(F)(F)C1. The molecular formula is C9H17F2N. The van der Waals surface area contributed by atoms with Gasteiger partial charge < -0.3 is 0 Å². The van der Waals surface area contributed by atoms with E-state index in [2.05, 4.69) is 0 Å². The van der Waals surface area contributed by atoms with Crippen LogP contribution in [0.4, 0.5) is 8.78 Å². The molecule has 0 aliphatic carbocycles. The number of nitrogens with zero attached hydrogens (tertiary/aromatic N) is 1. The summed E-state index contributed by atoms with van der Waals surface area (Å²) < 4.78 is 26.4. The van der Waals surface area contributed by atoms with Crippen LogP contribution in [0.5, 0.6) is 0 Å². The molecule has 0 aromatic rings. The molecule has 1 rings (SSSR count). The van der Waals surface area contributed by atoms with E-state index < -0.39 is 6.05 Å². The molecule has 1 heterocycles. The zero-order chi connectivity index (χ0) is 9.35. The normalized spacial score (nSPS) is 30.0. The van der Waals surface area contributed by atoms with Gasteiger partial charge in [0.2, 0.25) is 0 Å². The summed E-state index contributed by atoms with van der Waals surface area (Å²) in [4.78, 5) is 1.31. The Kier molecular flexibility index (Phi) is 2.71. The van der Waals surface area contributed by atoms with Crippen LogP contribution in [0, 0.1) is 5.92 Å². The summed E-state index contributed by atoms with van der Waals surface area (Å²) in [5, 5.41) is 0. The Morgan fingerprint density at radius 3 is 2.33 bits per heavy atom. The van der Waals surface area contributed by atoms with Crippen molar-refractivity contribution in [2.45, 2.75) is 45.7 Å². The van der Waals surface area contributed by atoms with Gasteiger partial charge in [-0.15, -0.1) is 0 Å². The lowest BCUT2D eigenvalue weighted by Gasteiger charge is -2.27. The van der Waals surface area contributed by atoms with Gasteiger partial charge in [0.25, 0.3) is 0 Å². The fourth-order valence-electron chi connectivity index (χ4n) is 1.80. The largest absolute Gasteiger partial charge is 0.305 e. The molecule has 0 saturated carbocycles. The lowest BCUT2D eigenvalue weighted by molar-refractivity contribution is -0.132. The number of alkyl halides is 2. The van der Waals surface area contributed by atoms with Crippen molar-refractivity contribution < 1.29 is 8.78 Å². The van der Waals surface area contributed by atoms with Gasteiger partial charge in [0, 0.05) is 19.0 Å². The van der Waals surface area contributed by atoms with Crippen LogP contribution in [-0.2, 0) is 0 Å². The van der Waals surface area contributed by atoms with Crippen LogP contribution >= 0.6 is 0 Å². The average Bonchev–Trinajstić information content (AvgIpc) is 2.25. The average molecular weight is 177 g/mol. The third kappa shape index (κ3) is 1.76. The lowest BCUT2D eigenvalue weighted by atomic mass is 10.1. The minimum atomic E-state index is -2.56. The molecule has 72 valence electrons. The Balaban J connectivity index is 2.64. The lowest BCUT2D eigenvalue weighted by Crippen LogP contribution is -2.40. The molecule has 1 unspecified atom stereocenters. The highest BCUT2D eigenvalue weighted by molar-refractivity contribution is 4.85. The Labute approximate surface area is 72.7 Å². The second-order valence-corrected chi connectivity index (χ2v) is 3.89. The van der Waals surface area contributed by atoms with Crippen LogP contribution in [0.15, 0.2) is 0 Å². The van der Waals surface area contributed by atoms with E-state index in [1.165, 1.54) is 4.90 Å². The van der Waals surface area contributed by atoms with Crippen LogP contribution in [0.25, 0.3) is 0 Å². The van der Waals surface area contributed by atoms with Crippen molar-refractivity contribution in [3.63, 3.8) is 0 Å². The summed E-state index contributed by atoms with van der Waals surface area (Å²) in [7, 11) is 0. The highest BCUT2D eigenvalue weighted by Gasteiger charge is 2.46. The molecule has 12 heavy (non-hydrogen) atoms. The van der Waals surface area contributed by atoms with Crippen molar-refractivity contribution in [3.05, 3.63) is 0 Å². The van der Waals surface area contributed by atoms with Gasteiger partial charge in [-0.3, -0.25) is 0 Å². The van der Waals surface area contributed by atoms with Crippen molar-refractivity contribution in [1.29, 1.82) is 0 Å². The molecule has 0 spiro atoms. The van der Waals surface area contributed by atoms with E-state index in [4.69, 9.17) is 0 Å². The quantitative estimate of drug-likeness (QED) is 0.586. The standard InChI is InChI=1S/C9H17F2N/c1-4-8-5-9(10,11)12(6-8)7(2)3/h7-8H,4-6H2,1-3H3. The Hall–Kier alpha value is -0.180. The number of rotatable bonds is 2. The first-order valence-electron chi connectivity index (χ1n) is 4.62. The second kappa shape index (κ2) is 3.29.